The van der Waals surface area contributed by atoms with E-state index < -0.39 is 0 Å². The van der Waals surface area contributed by atoms with Gasteiger partial charge in [0.25, 0.3) is 0 Å². The van der Waals surface area contributed by atoms with E-state index in [-0.39, 0.29) is 11.8 Å². The smallest absolute Gasteiger partial charge is 0.243 e. The Kier molecular flexibility index (Phi) is 5.06. The van der Waals surface area contributed by atoms with Crippen molar-refractivity contribution < 1.29 is 14.3 Å². The molecule has 1 unspecified atom stereocenters. The fraction of sp³-hybridized carbons (Fsp3) is 0.211. The lowest BCUT2D eigenvalue weighted by molar-refractivity contribution is -0.116. The number of hydrogen-bond acceptors (Lipinski definition) is 3. The van der Waals surface area contributed by atoms with Crippen LogP contribution >= 0.6 is 11.6 Å². The number of ether oxygens (including phenoxy) is 2. The molecule has 2 aromatic rings. The number of amides is 1. The van der Waals surface area contributed by atoms with Crippen molar-refractivity contribution >= 4 is 17.5 Å². The predicted molar refractivity (Wildman–Crippen MR) is 94.0 cm³/mol. The molecule has 1 atom stereocenters. The van der Waals surface area contributed by atoms with Crippen molar-refractivity contribution in [1.29, 1.82) is 0 Å². The molecule has 24 heavy (non-hydrogen) atoms. The molecule has 1 aliphatic heterocycles. The average Bonchev–Trinajstić information content (AvgIpc) is 2.62. The van der Waals surface area contributed by atoms with Crippen molar-refractivity contribution in [3.05, 3.63) is 65.7 Å². The van der Waals surface area contributed by atoms with Crippen molar-refractivity contribution in [2.75, 3.05) is 13.2 Å². The number of nitrogens with one attached hydrogen (secondary N) is 1. The second-order valence-electron chi connectivity index (χ2n) is 5.51. The molecule has 124 valence electrons. The minimum atomic E-state index is -0.170. The summed E-state index contributed by atoms with van der Waals surface area (Å²) >= 11 is 5.90. The number of rotatable bonds is 5. The summed E-state index contributed by atoms with van der Waals surface area (Å²) in [6, 6.07) is 13.0. The Hall–Kier alpha value is -2.46. The summed E-state index contributed by atoms with van der Waals surface area (Å²) in [7, 11) is 0. The minimum Gasteiger partial charge on any atom is -0.489 e. The third-order valence-corrected chi connectivity index (χ3v) is 4.16. The fourth-order valence-corrected chi connectivity index (χ4v) is 2.81. The van der Waals surface area contributed by atoms with Gasteiger partial charge < -0.3 is 14.8 Å². The lowest BCUT2D eigenvalue weighted by atomic mass is 9.92. The van der Waals surface area contributed by atoms with Gasteiger partial charge in [-0.05, 0) is 42.8 Å². The van der Waals surface area contributed by atoms with E-state index in [1.54, 1.807) is 12.1 Å². The zero-order valence-electron chi connectivity index (χ0n) is 13.1. The van der Waals surface area contributed by atoms with E-state index >= 15 is 0 Å². The molecule has 1 heterocycles. The second kappa shape index (κ2) is 7.41. The van der Waals surface area contributed by atoms with Gasteiger partial charge in [-0.25, -0.2) is 0 Å². The highest BCUT2D eigenvalue weighted by Gasteiger charge is 2.24. The summed E-state index contributed by atoms with van der Waals surface area (Å²) in [6.07, 6.45) is 2.12. The fourth-order valence-electron chi connectivity index (χ4n) is 2.69. The van der Waals surface area contributed by atoms with E-state index in [1.165, 1.54) is 6.08 Å². The van der Waals surface area contributed by atoms with Crippen LogP contribution in [0.5, 0.6) is 17.2 Å². The largest absolute Gasteiger partial charge is 0.489 e. The van der Waals surface area contributed by atoms with Gasteiger partial charge in [0.2, 0.25) is 5.91 Å². The Labute approximate surface area is 146 Å². The molecular formula is C19H18ClNO3. The molecule has 2 aromatic carbocycles. The number of benzene rings is 2. The maximum Gasteiger partial charge on any atom is 0.243 e. The van der Waals surface area contributed by atoms with Crippen LogP contribution in [-0.2, 0) is 4.79 Å². The van der Waals surface area contributed by atoms with E-state index in [0.29, 0.717) is 29.7 Å². The highest BCUT2D eigenvalue weighted by Crippen LogP contribution is 2.42. The summed E-state index contributed by atoms with van der Waals surface area (Å²) in [4.78, 5) is 11.4. The zero-order chi connectivity index (χ0) is 16.9. The van der Waals surface area contributed by atoms with Gasteiger partial charge in [0.05, 0.1) is 6.61 Å². The summed E-state index contributed by atoms with van der Waals surface area (Å²) in [5, 5.41) is 3.51. The molecule has 5 heteroatoms. The van der Waals surface area contributed by atoms with Crippen LogP contribution in [0.3, 0.4) is 0 Å². The molecule has 0 saturated heterocycles. The summed E-state index contributed by atoms with van der Waals surface area (Å²) in [5.74, 6) is 2.10. The van der Waals surface area contributed by atoms with Crippen molar-refractivity contribution in [1.82, 2.24) is 5.32 Å². The van der Waals surface area contributed by atoms with Crippen LogP contribution in [0.15, 0.2) is 55.1 Å². The van der Waals surface area contributed by atoms with Gasteiger partial charge in [0, 0.05) is 23.0 Å². The molecular weight excluding hydrogens is 326 g/mol. The SMILES string of the molecule is C=CC(=O)NCC1CCOc2c(Oc3ccc(Cl)cc3)cccc21. The molecule has 0 aliphatic carbocycles. The first-order chi connectivity index (χ1) is 11.7. The van der Waals surface area contributed by atoms with Crippen molar-refractivity contribution in [3.63, 3.8) is 0 Å². The van der Waals surface area contributed by atoms with Gasteiger partial charge in [0.1, 0.15) is 5.75 Å². The Morgan fingerprint density at radius 2 is 2.12 bits per heavy atom. The van der Waals surface area contributed by atoms with Crippen LogP contribution in [0.25, 0.3) is 0 Å². The van der Waals surface area contributed by atoms with Gasteiger partial charge in [-0.2, -0.15) is 0 Å². The van der Waals surface area contributed by atoms with E-state index in [1.807, 2.05) is 30.3 Å². The Morgan fingerprint density at radius 3 is 2.88 bits per heavy atom. The lowest BCUT2D eigenvalue weighted by Gasteiger charge is -2.27. The van der Waals surface area contributed by atoms with Crippen LogP contribution in [0.2, 0.25) is 5.02 Å². The van der Waals surface area contributed by atoms with Gasteiger partial charge >= 0.3 is 0 Å². The molecule has 0 aromatic heterocycles. The highest BCUT2D eigenvalue weighted by molar-refractivity contribution is 6.30. The third kappa shape index (κ3) is 3.71. The first-order valence-corrected chi connectivity index (χ1v) is 8.14. The molecule has 4 nitrogen and oxygen atoms in total. The zero-order valence-corrected chi connectivity index (χ0v) is 13.9. The predicted octanol–water partition coefficient (Wildman–Crippen LogP) is 4.30. The molecule has 0 fully saturated rings. The molecule has 1 aliphatic rings. The van der Waals surface area contributed by atoms with Gasteiger partial charge in [-0.15, -0.1) is 0 Å². The third-order valence-electron chi connectivity index (χ3n) is 3.91. The van der Waals surface area contributed by atoms with Crippen LogP contribution in [0.1, 0.15) is 17.9 Å². The monoisotopic (exact) mass is 343 g/mol. The molecule has 1 N–H and O–H groups in total. The van der Waals surface area contributed by atoms with Crippen LogP contribution in [-0.4, -0.2) is 19.1 Å². The first kappa shape index (κ1) is 16.4. The average molecular weight is 344 g/mol. The Bertz CT molecular complexity index is 743. The number of hydrogen-bond donors (Lipinski definition) is 1. The number of halogens is 1. The van der Waals surface area contributed by atoms with E-state index in [9.17, 15) is 4.79 Å². The Morgan fingerprint density at radius 1 is 1.33 bits per heavy atom. The number of para-hydroxylation sites is 1. The number of carbonyl (C=O) groups is 1. The Balaban J connectivity index is 1.81. The van der Waals surface area contributed by atoms with Gasteiger partial charge in [-0.3, -0.25) is 4.79 Å². The number of fused-ring (bicyclic) bond motifs is 1. The van der Waals surface area contributed by atoms with Crippen molar-refractivity contribution in [2.24, 2.45) is 0 Å². The maximum atomic E-state index is 11.4. The summed E-state index contributed by atoms with van der Waals surface area (Å²) < 4.78 is 11.8. The van der Waals surface area contributed by atoms with Crippen molar-refractivity contribution in [3.8, 4) is 17.2 Å². The molecule has 0 radical (unpaired) electrons. The highest BCUT2D eigenvalue weighted by atomic mass is 35.5. The maximum absolute atomic E-state index is 11.4. The van der Waals surface area contributed by atoms with Crippen LogP contribution in [0.4, 0.5) is 0 Å². The first-order valence-electron chi connectivity index (χ1n) is 7.77. The second-order valence-corrected chi connectivity index (χ2v) is 5.95. The topological polar surface area (TPSA) is 47.6 Å². The number of carbonyl (C=O) groups excluding carboxylic acids is 1. The molecule has 0 saturated carbocycles. The molecule has 0 spiro atoms. The normalized spacial score (nSPS) is 15.8. The molecule has 0 bridgehead atoms. The van der Waals surface area contributed by atoms with Crippen LogP contribution in [0, 0.1) is 0 Å². The van der Waals surface area contributed by atoms with Gasteiger partial charge in [0.15, 0.2) is 11.5 Å². The quantitative estimate of drug-likeness (QED) is 0.823. The summed E-state index contributed by atoms with van der Waals surface area (Å²) in [5.41, 5.74) is 1.04. The minimum absolute atomic E-state index is 0.170. The van der Waals surface area contributed by atoms with E-state index in [0.717, 1.165) is 17.7 Å². The van der Waals surface area contributed by atoms with Gasteiger partial charge in [-0.1, -0.05) is 30.3 Å². The molecule has 3 rings (SSSR count). The lowest BCUT2D eigenvalue weighted by Crippen LogP contribution is -2.29. The van der Waals surface area contributed by atoms with E-state index in [4.69, 9.17) is 21.1 Å². The van der Waals surface area contributed by atoms with Crippen LogP contribution < -0.4 is 14.8 Å². The van der Waals surface area contributed by atoms with E-state index in [2.05, 4.69) is 11.9 Å². The summed E-state index contributed by atoms with van der Waals surface area (Å²) in [6.45, 7) is 4.60. The molecule has 1 amide bonds. The standard InChI is InChI=1S/C19H18ClNO3/c1-2-18(22)21-12-13-10-11-23-19-16(13)4-3-5-17(19)24-15-8-6-14(20)7-9-15/h2-9,13H,1,10-12H2,(H,21,22). The van der Waals surface area contributed by atoms with Crippen molar-refractivity contribution in [2.45, 2.75) is 12.3 Å².